The summed E-state index contributed by atoms with van der Waals surface area (Å²) >= 11 is 0. The van der Waals surface area contributed by atoms with Gasteiger partial charge in [0, 0.05) is 0 Å². The molecule has 0 aliphatic heterocycles. The molecular formula is C18H37HfN3. The Kier molecular flexibility index (Phi) is 40.1. The molecule has 0 saturated heterocycles. The van der Waals surface area contributed by atoms with Crippen molar-refractivity contribution >= 4 is 0 Å². The van der Waals surface area contributed by atoms with Crippen LogP contribution in [-0.2, 0) is 25.8 Å². The van der Waals surface area contributed by atoms with Crippen molar-refractivity contribution in [2.75, 3.05) is 19.6 Å². The molecule has 128 valence electrons. The molecule has 0 spiro atoms. The van der Waals surface area contributed by atoms with Gasteiger partial charge in [0.1, 0.15) is 0 Å². The fourth-order valence-electron chi connectivity index (χ4n) is 1.03. The van der Waals surface area contributed by atoms with Crippen molar-refractivity contribution in [2.45, 2.75) is 66.7 Å². The third kappa shape index (κ3) is 36.9. The third-order valence-electron chi connectivity index (χ3n) is 2.14. The van der Waals surface area contributed by atoms with Gasteiger partial charge in [-0.1, -0.05) is 60.3 Å². The Morgan fingerprint density at radius 1 is 0.955 bits per heavy atom. The van der Waals surface area contributed by atoms with Crippen LogP contribution in [0.1, 0.15) is 66.7 Å². The van der Waals surface area contributed by atoms with Gasteiger partial charge in [-0.15, -0.1) is 6.42 Å². The molecule has 0 unspecified atom stereocenters. The van der Waals surface area contributed by atoms with Gasteiger partial charge >= 0.3 is 25.8 Å². The van der Waals surface area contributed by atoms with E-state index < -0.39 is 0 Å². The molecule has 1 aliphatic carbocycles. The number of hydrogen-bond donors (Lipinski definition) is 0. The van der Waals surface area contributed by atoms with E-state index in [1.165, 1.54) is 12.0 Å². The van der Waals surface area contributed by atoms with E-state index >= 15 is 0 Å². The van der Waals surface area contributed by atoms with Crippen molar-refractivity contribution < 1.29 is 25.8 Å². The number of nitrogens with one attached hydrogen (secondary N) is 3. The standard InChI is InChI=1S/C9H13.3C3H8N.Hf/c1-8(2)7-9-5-3-4-6-9;3*1-2-3-4;/h3,5,8H,4,7H2,1-2H3;3*4H,2-3H2,1H3;/q4*-1;+4. The SMILES string of the molecule is CC(C)CC1=[C-]CC=C1.CCC[NH-].CCC[NH-].CCC[NH-].[Hf+4]. The molecule has 0 aromatic heterocycles. The minimum absolute atomic E-state index is 0. The average molecular weight is 474 g/mol. The maximum Gasteiger partial charge on any atom is 4.00 e. The maximum atomic E-state index is 6.45. The molecule has 0 heterocycles. The van der Waals surface area contributed by atoms with E-state index in [1.54, 1.807) is 0 Å². The first-order chi connectivity index (χ1) is 10.0. The molecule has 0 aromatic rings. The molecule has 0 aromatic carbocycles. The molecule has 3 N–H and O–H groups in total. The fraction of sp³-hybridized carbons (Fsp3) is 0.778. The van der Waals surface area contributed by atoms with Gasteiger partial charge in [0.25, 0.3) is 0 Å². The minimum Gasteiger partial charge on any atom is -0.677 e. The van der Waals surface area contributed by atoms with Gasteiger partial charge in [0.05, 0.1) is 0 Å². The van der Waals surface area contributed by atoms with E-state index in [1.807, 2.05) is 20.8 Å². The van der Waals surface area contributed by atoms with E-state index in [-0.39, 0.29) is 25.8 Å². The van der Waals surface area contributed by atoms with E-state index in [4.69, 9.17) is 17.2 Å². The molecule has 1 rings (SSSR count). The zero-order valence-electron chi connectivity index (χ0n) is 15.4. The average Bonchev–Trinajstić information content (AvgIpc) is 3.00. The van der Waals surface area contributed by atoms with Crippen molar-refractivity contribution in [3.8, 4) is 0 Å². The molecular weight excluding hydrogens is 437 g/mol. The Labute approximate surface area is 159 Å². The second kappa shape index (κ2) is 29.3. The second-order valence-electron chi connectivity index (χ2n) is 5.16. The van der Waals surface area contributed by atoms with Gasteiger partial charge in [0.2, 0.25) is 0 Å². The predicted molar refractivity (Wildman–Crippen MR) is 98.4 cm³/mol. The minimum atomic E-state index is 0. The van der Waals surface area contributed by atoms with Gasteiger partial charge in [-0.25, -0.2) is 11.6 Å². The molecule has 0 atom stereocenters. The first kappa shape index (κ1) is 30.1. The van der Waals surface area contributed by atoms with Crippen LogP contribution in [0.4, 0.5) is 0 Å². The van der Waals surface area contributed by atoms with Gasteiger partial charge in [-0.3, -0.25) is 6.08 Å². The molecule has 0 amide bonds. The summed E-state index contributed by atoms with van der Waals surface area (Å²) in [4.78, 5) is 0. The van der Waals surface area contributed by atoms with Gasteiger partial charge in [-0.2, -0.15) is 25.7 Å². The molecule has 0 saturated carbocycles. The van der Waals surface area contributed by atoms with Crippen molar-refractivity contribution in [2.24, 2.45) is 5.92 Å². The summed E-state index contributed by atoms with van der Waals surface area (Å²) in [6.07, 6.45) is 12.8. The van der Waals surface area contributed by atoms with Crippen LogP contribution in [-0.4, -0.2) is 19.6 Å². The van der Waals surface area contributed by atoms with Gasteiger partial charge < -0.3 is 17.2 Å². The third-order valence-corrected chi connectivity index (χ3v) is 2.14. The Morgan fingerprint density at radius 2 is 1.32 bits per heavy atom. The first-order valence-electron chi connectivity index (χ1n) is 8.23. The smallest absolute Gasteiger partial charge is 0.677 e. The summed E-state index contributed by atoms with van der Waals surface area (Å²) in [5, 5.41) is 0. The molecule has 0 fully saturated rings. The predicted octanol–water partition coefficient (Wildman–Crippen LogP) is 7.07. The summed E-state index contributed by atoms with van der Waals surface area (Å²) < 4.78 is 0. The normalized spacial score (nSPS) is 11.0. The molecule has 3 nitrogen and oxygen atoms in total. The Morgan fingerprint density at radius 3 is 1.50 bits per heavy atom. The zero-order valence-corrected chi connectivity index (χ0v) is 19.0. The van der Waals surface area contributed by atoms with Crippen LogP contribution < -0.4 is 0 Å². The fourth-order valence-corrected chi connectivity index (χ4v) is 1.03. The Bertz CT molecular complexity index is 211. The maximum absolute atomic E-state index is 6.45. The van der Waals surface area contributed by atoms with Crippen LogP contribution in [0.15, 0.2) is 17.7 Å². The summed E-state index contributed by atoms with van der Waals surface area (Å²) in [6, 6.07) is 0. The van der Waals surface area contributed by atoms with E-state index in [9.17, 15) is 0 Å². The van der Waals surface area contributed by atoms with Crippen molar-refractivity contribution in [1.82, 2.24) is 0 Å². The molecule has 4 heteroatoms. The Hall–Kier alpha value is 0.230. The molecule has 0 radical (unpaired) electrons. The molecule has 22 heavy (non-hydrogen) atoms. The summed E-state index contributed by atoms with van der Waals surface area (Å²) in [5.41, 5.74) is 20.7. The summed E-state index contributed by atoms with van der Waals surface area (Å²) in [5.74, 6) is 0.773. The summed E-state index contributed by atoms with van der Waals surface area (Å²) in [7, 11) is 0. The molecule has 0 bridgehead atoms. The van der Waals surface area contributed by atoms with Crippen molar-refractivity contribution in [1.29, 1.82) is 0 Å². The van der Waals surface area contributed by atoms with E-state index in [0.29, 0.717) is 19.6 Å². The zero-order chi connectivity index (χ0) is 16.9. The summed E-state index contributed by atoms with van der Waals surface area (Å²) in [6.45, 7) is 12.2. The van der Waals surface area contributed by atoms with Crippen LogP contribution in [0.25, 0.3) is 17.2 Å². The topological polar surface area (TPSA) is 71.4 Å². The van der Waals surface area contributed by atoms with Gasteiger partial charge in [0.15, 0.2) is 0 Å². The van der Waals surface area contributed by atoms with Crippen LogP contribution in [0, 0.1) is 12.0 Å². The largest absolute Gasteiger partial charge is 4.00 e. The van der Waals surface area contributed by atoms with Crippen LogP contribution in [0.5, 0.6) is 0 Å². The second-order valence-corrected chi connectivity index (χ2v) is 5.16. The van der Waals surface area contributed by atoms with Crippen molar-refractivity contribution in [3.05, 3.63) is 41.0 Å². The first-order valence-corrected chi connectivity index (χ1v) is 8.23. The monoisotopic (exact) mass is 475 g/mol. The quantitative estimate of drug-likeness (QED) is 0.302. The number of hydrogen-bond acceptors (Lipinski definition) is 0. The van der Waals surface area contributed by atoms with Crippen LogP contribution >= 0.6 is 0 Å². The number of allylic oxidation sites excluding steroid dienone is 4. The van der Waals surface area contributed by atoms with Crippen molar-refractivity contribution in [3.63, 3.8) is 0 Å². The van der Waals surface area contributed by atoms with Crippen LogP contribution in [0.3, 0.4) is 0 Å². The number of rotatable bonds is 5. The van der Waals surface area contributed by atoms with Crippen LogP contribution in [0.2, 0.25) is 0 Å². The molecule has 1 aliphatic rings. The van der Waals surface area contributed by atoms with E-state index in [2.05, 4.69) is 32.1 Å². The Balaban J connectivity index is -0.000000107. The van der Waals surface area contributed by atoms with E-state index in [0.717, 1.165) is 31.6 Å². The van der Waals surface area contributed by atoms with Gasteiger partial charge in [-0.05, 0) is 5.92 Å².